The molecule has 3 aromatic rings. The standard InChI is InChI=1S/C24H30BrN5OS/c1-16-19(25)21-26-11-14-30(21)22(27-16)29-12-9-24(10-13-29)15-17-7-5-6-8-18(17)20(24)28-32(31)23(2,3)4/h5-8,11,14,20,28H,9-10,12-13,15H2,1-4H3/t20-,32?/m1/s1. The molecule has 170 valence electrons. The molecule has 1 saturated heterocycles. The zero-order valence-corrected chi connectivity index (χ0v) is 21.5. The van der Waals surface area contributed by atoms with Crippen LogP contribution in [0.5, 0.6) is 0 Å². The van der Waals surface area contributed by atoms with Gasteiger partial charge in [0.05, 0.1) is 31.9 Å². The molecule has 0 radical (unpaired) electrons. The lowest BCUT2D eigenvalue weighted by atomic mass is 9.73. The summed E-state index contributed by atoms with van der Waals surface area (Å²) in [6, 6.07) is 8.78. The van der Waals surface area contributed by atoms with E-state index in [2.05, 4.69) is 59.2 Å². The number of aromatic nitrogens is 3. The molecule has 1 spiro atoms. The van der Waals surface area contributed by atoms with Crippen LogP contribution in [-0.4, -0.2) is 36.4 Å². The summed E-state index contributed by atoms with van der Waals surface area (Å²) in [4.78, 5) is 11.8. The lowest BCUT2D eigenvalue weighted by Crippen LogP contribution is -2.48. The second-order valence-electron chi connectivity index (χ2n) is 10.1. The molecule has 1 aliphatic heterocycles. The fourth-order valence-corrected chi connectivity index (χ4v) is 6.47. The number of fused-ring (bicyclic) bond motifs is 2. The van der Waals surface area contributed by atoms with Gasteiger partial charge in [0.2, 0.25) is 5.95 Å². The molecular weight excluding hydrogens is 486 g/mol. The molecule has 0 amide bonds. The molecule has 0 bridgehead atoms. The van der Waals surface area contributed by atoms with E-state index in [1.165, 1.54) is 11.1 Å². The summed E-state index contributed by atoms with van der Waals surface area (Å²) in [5.74, 6) is 0.950. The monoisotopic (exact) mass is 515 g/mol. The van der Waals surface area contributed by atoms with E-state index in [9.17, 15) is 4.21 Å². The number of aryl methyl sites for hydroxylation is 1. The summed E-state index contributed by atoms with van der Waals surface area (Å²) in [6.45, 7) is 9.94. The van der Waals surface area contributed by atoms with Crippen molar-refractivity contribution in [2.45, 2.75) is 57.7 Å². The van der Waals surface area contributed by atoms with Crippen LogP contribution in [0, 0.1) is 12.3 Å². The second-order valence-corrected chi connectivity index (χ2v) is 12.9. The normalized spacial score (nSPS) is 21.3. The predicted octanol–water partition coefficient (Wildman–Crippen LogP) is 4.74. The quantitative estimate of drug-likeness (QED) is 0.547. The van der Waals surface area contributed by atoms with Crippen LogP contribution in [0.25, 0.3) is 5.65 Å². The molecule has 8 heteroatoms. The maximum absolute atomic E-state index is 13.1. The van der Waals surface area contributed by atoms with E-state index in [0.29, 0.717) is 0 Å². The van der Waals surface area contributed by atoms with E-state index in [4.69, 9.17) is 4.98 Å². The Bertz CT molecular complexity index is 1190. The fourth-order valence-electron chi connectivity index (χ4n) is 5.14. The van der Waals surface area contributed by atoms with Gasteiger partial charge in [-0.3, -0.25) is 4.40 Å². The van der Waals surface area contributed by atoms with Gasteiger partial charge < -0.3 is 4.90 Å². The number of benzene rings is 1. The Kier molecular flexibility index (Phi) is 5.46. The lowest BCUT2D eigenvalue weighted by Gasteiger charge is -2.44. The lowest BCUT2D eigenvalue weighted by molar-refractivity contribution is 0.177. The molecule has 1 aliphatic carbocycles. The van der Waals surface area contributed by atoms with Crippen LogP contribution in [0.4, 0.5) is 5.95 Å². The number of piperidine rings is 1. The van der Waals surface area contributed by atoms with Crippen molar-refractivity contribution < 1.29 is 4.21 Å². The van der Waals surface area contributed by atoms with Crippen LogP contribution in [0.1, 0.15) is 56.5 Å². The van der Waals surface area contributed by atoms with Crippen LogP contribution in [0.15, 0.2) is 41.1 Å². The maximum atomic E-state index is 13.1. The minimum absolute atomic E-state index is 0.0690. The number of hydrogen-bond acceptors (Lipinski definition) is 4. The molecule has 5 rings (SSSR count). The van der Waals surface area contributed by atoms with E-state index < -0.39 is 11.0 Å². The highest BCUT2D eigenvalue weighted by Gasteiger charge is 2.49. The van der Waals surface area contributed by atoms with Gasteiger partial charge in [-0.15, -0.1) is 0 Å². The largest absolute Gasteiger partial charge is 0.342 e. The van der Waals surface area contributed by atoms with E-state index >= 15 is 0 Å². The third-order valence-corrected chi connectivity index (χ3v) is 9.47. The fraction of sp³-hybridized carbons (Fsp3) is 0.500. The summed E-state index contributed by atoms with van der Waals surface area (Å²) in [6.07, 6.45) is 6.88. The van der Waals surface area contributed by atoms with E-state index in [1.54, 1.807) is 0 Å². The first-order chi connectivity index (χ1) is 15.2. The van der Waals surface area contributed by atoms with Gasteiger partial charge in [-0.1, -0.05) is 24.3 Å². The first-order valence-electron chi connectivity index (χ1n) is 11.2. The maximum Gasteiger partial charge on any atom is 0.211 e. The Morgan fingerprint density at radius 3 is 2.66 bits per heavy atom. The third kappa shape index (κ3) is 3.60. The van der Waals surface area contributed by atoms with Crippen molar-refractivity contribution in [1.29, 1.82) is 0 Å². The molecule has 3 heterocycles. The van der Waals surface area contributed by atoms with Crippen LogP contribution >= 0.6 is 15.9 Å². The molecule has 1 unspecified atom stereocenters. The third-order valence-electron chi connectivity index (χ3n) is 6.98. The molecule has 1 aromatic carbocycles. The van der Waals surface area contributed by atoms with Crippen LogP contribution in [-0.2, 0) is 17.4 Å². The number of imidazole rings is 1. The molecule has 2 aromatic heterocycles. The minimum atomic E-state index is -1.12. The topological polar surface area (TPSA) is 62.5 Å². The van der Waals surface area contributed by atoms with Crippen molar-refractivity contribution in [2.75, 3.05) is 18.0 Å². The highest BCUT2D eigenvalue weighted by atomic mass is 79.9. The molecular formula is C24H30BrN5OS. The van der Waals surface area contributed by atoms with Gasteiger partial charge in [0.1, 0.15) is 0 Å². The average molecular weight is 517 g/mol. The zero-order chi connectivity index (χ0) is 22.7. The number of anilines is 1. The number of rotatable bonds is 3. The van der Waals surface area contributed by atoms with Gasteiger partial charge >= 0.3 is 0 Å². The predicted molar refractivity (Wildman–Crippen MR) is 133 cm³/mol. The van der Waals surface area contributed by atoms with Crippen molar-refractivity contribution in [2.24, 2.45) is 5.41 Å². The molecule has 0 saturated carbocycles. The second kappa shape index (κ2) is 7.92. The zero-order valence-electron chi connectivity index (χ0n) is 19.1. The van der Waals surface area contributed by atoms with Crippen LogP contribution < -0.4 is 9.62 Å². The highest BCUT2D eigenvalue weighted by molar-refractivity contribution is 9.10. The van der Waals surface area contributed by atoms with Crippen molar-refractivity contribution >= 4 is 38.5 Å². The van der Waals surface area contributed by atoms with Crippen molar-refractivity contribution in [1.82, 2.24) is 19.1 Å². The Balaban J connectivity index is 1.44. The number of halogens is 1. The van der Waals surface area contributed by atoms with Crippen LogP contribution in [0.3, 0.4) is 0 Å². The van der Waals surface area contributed by atoms with Crippen molar-refractivity contribution in [3.63, 3.8) is 0 Å². The van der Waals surface area contributed by atoms with Gasteiger partial charge in [-0.05, 0) is 79.4 Å². The summed E-state index contributed by atoms with van der Waals surface area (Å²) in [5, 5.41) is 0. The van der Waals surface area contributed by atoms with E-state index in [0.717, 1.165) is 54.1 Å². The minimum Gasteiger partial charge on any atom is -0.342 e. The summed E-state index contributed by atoms with van der Waals surface area (Å²) >= 11 is 3.63. The van der Waals surface area contributed by atoms with Gasteiger partial charge in [0.15, 0.2) is 5.65 Å². The molecule has 2 atom stereocenters. The molecule has 2 aliphatic rings. The van der Waals surface area contributed by atoms with E-state index in [-0.39, 0.29) is 16.2 Å². The smallest absolute Gasteiger partial charge is 0.211 e. The summed E-state index contributed by atoms with van der Waals surface area (Å²) in [7, 11) is -1.12. The van der Waals surface area contributed by atoms with Gasteiger partial charge in [-0.25, -0.2) is 18.9 Å². The molecule has 32 heavy (non-hydrogen) atoms. The average Bonchev–Trinajstić information content (AvgIpc) is 3.35. The summed E-state index contributed by atoms with van der Waals surface area (Å²) in [5.41, 5.74) is 4.63. The number of hydrogen-bond donors (Lipinski definition) is 1. The first-order valence-corrected chi connectivity index (χ1v) is 13.1. The van der Waals surface area contributed by atoms with Gasteiger partial charge in [0, 0.05) is 25.5 Å². The van der Waals surface area contributed by atoms with Crippen molar-refractivity contribution in [3.05, 3.63) is 58.0 Å². The Morgan fingerprint density at radius 1 is 1.22 bits per heavy atom. The number of nitrogens with one attached hydrogen (secondary N) is 1. The Labute approximate surface area is 200 Å². The SMILES string of the molecule is Cc1nc(N2CCC3(CC2)Cc2ccccc2[C@H]3NS(=O)C(C)(C)C)n2ccnc2c1Br. The Morgan fingerprint density at radius 2 is 1.94 bits per heavy atom. The molecule has 6 nitrogen and oxygen atoms in total. The van der Waals surface area contributed by atoms with E-state index in [1.807, 2.05) is 40.1 Å². The molecule has 1 fully saturated rings. The number of nitrogens with zero attached hydrogens (tertiary/aromatic N) is 4. The Hall–Kier alpha value is -1.77. The van der Waals surface area contributed by atoms with Crippen molar-refractivity contribution in [3.8, 4) is 0 Å². The first kappa shape index (κ1) is 22.0. The van der Waals surface area contributed by atoms with Gasteiger partial charge in [-0.2, -0.15) is 0 Å². The molecule has 1 N–H and O–H groups in total. The van der Waals surface area contributed by atoms with Gasteiger partial charge in [0.25, 0.3) is 0 Å². The summed E-state index contributed by atoms with van der Waals surface area (Å²) < 4.78 is 19.4. The van der Waals surface area contributed by atoms with Crippen LogP contribution in [0.2, 0.25) is 0 Å². The highest BCUT2D eigenvalue weighted by Crippen LogP contribution is 2.52.